The van der Waals surface area contributed by atoms with Gasteiger partial charge in [0.25, 0.3) is 0 Å². The molecule has 0 spiro atoms. The molecular formula is C21H20BrN3O2. The molecule has 0 saturated carbocycles. The molecule has 4 rings (SSSR count). The summed E-state index contributed by atoms with van der Waals surface area (Å²) in [4.78, 5) is 18.9. The third-order valence-electron chi connectivity index (χ3n) is 5.06. The molecule has 1 atom stereocenters. The van der Waals surface area contributed by atoms with Gasteiger partial charge in [0.1, 0.15) is 6.04 Å². The van der Waals surface area contributed by atoms with Gasteiger partial charge in [-0.2, -0.15) is 4.98 Å². The number of halogens is 1. The Morgan fingerprint density at radius 2 is 2.04 bits per heavy atom. The lowest BCUT2D eigenvalue weighted by Gasteiger charge is -2.22. The average Bonchev–Trinajstić information content (AvgIpc) is 3.26. The summed E-state index contributed by atoms with van der Waals surface area (Å²) in [5.74, 6) is 1.16. The lowest BCUT2D eigenvalue weighted by molar-refractivity contribution is -0.129. The summed E-state index contributed by atoms with van der Waals surface area (Å²) in [6.07, 6.45) is 1.20. The molecule has 0 bridgehead atoms. The van der Waals surface area contributed by atoms with Crippen LogP contribution in [0.2, 0.25) is 0 Å². The number of hydrogen-bond donors (Lipinski definition) is 0. The highest BCUT2D eigenvalue weighted by atomic mass is 79.9. The number of aryl methyl sites for hydroxylation is 2. The van der Waals surface area contributed by atoms with E-state index in [1.165, 1.54) is 11.1 Å². The van der Waals surface area contributed by atoms with E-state index in [0.29, 0.717) is 31.1 Å². The number of amides is 1. The second kappa shape index (κ2) is 7.27. The molecule has 0 N–H and O–H groups in total. The minimum Gasteiger partial charge on any atom is -0.337 e. The zero-order valence-corrected chi connectivity index (χ0v) is 16.9. The van der Waals surface area contributed by atoms with Gasteiger partial charge in [-0.15, -0.1) is 0 Å². The van der Waals surface area contributed by atoms with E-state index in [2.05, 4.69) is 58.1 Å². The summed E-state index contributed by atoms with van der Waals surface area (Å²) in [5.41, 5.74) is 4.47. The first kappa shape index (κ1) is 17.9. The molecule has 27 heavy (non-hydrogen) atoms. The summed E-state index contributed by atoms with van der Waals surface area (Å²) in [7, 11) is 0. The van der Waals surface area contributed by atoms with Gasteiger partial charge in [-0.05, 0) is 49.1 Å². The fourth-order valence-corrected chi connectivity index (χ4v) is 3.80. The zero-order chi connectivity index (χ0) is 19.0. The van der Waals surface area contributed by atoms with Crippen LogP contribution in [0.1, 0.15) is 41.5 Å². The van der Waals surface area contributed by atoms with Crippen molar-refractivity contribution in [3.05, 3.63) is 69.5 Å². The monoisotopic (exact) mass is 425 g/mol. The SMILES string of the molecule is Cc1ccc(CN2C(=O)CCC2c2nc(-c3cccc(Br)c3)no2)cc1C. The van der Waals surface area contributed by atoms with Crippen LogP contribution >= 0.6 is 15.9 Å². The van der Waals surface area contributed by atoms with Crippen LogP contribution in [-0.4, -0.2) is 20.9 Å². The minimum absolute atomic E-state index is 0.125. The van der Waals surface area contributed by atoms with Crippen molar-refractivity contribution in [2.45, 2.75) is 39.3 Å². The van der Waals surface area contributed by atoms with E-state index in [4.69, 9.17) is 4.52 Å². The third kappa shape index (κ3) is 3.67. The molecule has 1 amide bonds. The molecule has 6 heteroatoms. The Balaban J connectivity index is 1.59. The summed E-state index contributed by atoms with van der Waals surface area (Å²) in [6.45, 7) is 4.73. The maximum atomic E-state index is 12.5. The van der Waals surface area contributed by atoms with Crippen LogP contribution < -0.4 is 0 Å². The molecule has 2 heterocycles. The minimum atomic E-state index is -0.174. The maximum Gasteiger partial charge on any atom is 0.249 e. The number of rotatable bonds is 4. The molecule has 1 aromatic heterocycles. The number of carbonyl (C=O) groups excluding carboxylic acids is 1. The number of hydrogen-bond acceptors (Lipinski definition) is 4. The van der Waals surface area contributed by atoms with Gasteiger partial charge in [-0.1, -0.05) is 51.4 Å². The lowest BCUT2D eigenvalue weighted by Crippen LogP contribution is -2.27. The molecule has 1 aliphatic heterocycles. The number of carbonyl (C=O) groups is 1. The summed E-state index contributed by atoms with van der Waals surface area (Å²) in [6, 6.07) is 13.9. The van der Waals surface area contributed by atoms with Crippen LogP contribution in [0.4, 0.5) is 0 Å². The van der Waals surface area contributed by atoms with Gasteiger partial charge in [0.15, 0.2) is 0 Å². The second-order valence-corrected chi connectivity index (χ2v) is 7.88. The van der Waals surface area contributed by atoms with Crippen molar-refractivity contribution in [2.75, 3.05) is 0 Å². The van der Waals surface area contributed by atoms with Gasteiger partial charge in [0.2, 0.25) is 17.6 Å². The van der Waals surface area contributed by atoms with Gasteiger partial charge < -0.3 is 9.42 Å². The van der Waals surface area contributed by atoms with Crippen LogP contribution in [0.3, 0.4) is 0 Å². The highest BCUT2D eigenvalue weighted by molar-refractivity contribution is 9.10. The number of aromatic nitrogens is 2. The van der Waals surface area contributed by atoms with Crippen LogP contribution in [0.5, 0.6) is 0 Å². The standard InChI is InChI=1S/C21H20BrN3O2/c1-13-6-7-15(10-14(13)2)12-25-18(8-9-19(25)26)21-23-20(24-27-21)16-4-3-5-17(22)11-16/h3-7,10-11,18H,8-9,12H2,1-2H3. The molecule has 5 nitrogen and oxygen atoms in total. The van der Waals surface area contributed by atoms with Gasteiger partial charge in [-0.3, -0.25) is 4.79 Å². The van der Waals surface area contributed by atoms with Crippen molar-refractivity contribution in [2.24, 2.45) is 0 Å². The topological polar surface area (TPSA) is 59.2 Å². The van der Waals surface area contributed by atoms with E-state index in [-0.39, 0.29) is 11.9 Å². The average molecular weight is 426 g/mol. The summed E-state index contributed by atoms with van der Waals surface area (Å²) < 4.78 is 6.49. The first-order valence-electron chi connectivity index (χ1n) is 8.96. The quantitative estimate of drug-likeness (QED) is 0.591. The Hall–Kier alpha value is -2.47. The zero-order valence-electron chi connectivity index (χ0n) is 15.3. The molecule has 1 saturated heterocycles. The fraction of sp³-hybridized carbons (Fsp3) is 0.286. The normalized spacial score (nSPS) is 16.9. The third-order valence-corrected chi connectivity index (χ3v) is 5.56. The van der Waals surface area contributed by atoms with E-state index in [1.807, 2.05) is 29.2 Å². The second-order valence-electron chi connectivity index (χ2n) is 6.96. The molecule has 0 radical (unpaired) electrons. The molecule has 0 aliphatic carbocycles. The fourth-order valence-electron chi connectivity index (χ4n) is 3.40. The van der Waals surface area contributed by atoms with Gasteiger partial charge in [-0.25, -0.2) is 0 Å². The van der Waals surface area contributed by atoms with E-state index in [9.17, 15) is 4.79 Å². The van der Waals surface area contributed by atoms with Crippen LogP contribution in [-0.2, 0) is 11.3 Å². The highest BCUT2D eigenvalue weighted by Gasteiger charge is 2.36. The van der Waals surface area contributed by atoms with Crippen molar-refractivity contribution in [3.63, 3.8) is 0 Å². The molecule has 1 unspecified atom stereocenters. The van der Waals surface area contributed by atoms with E-state index < -0.39 is 0 Å². The van der Waals surface area contributed by atoms with Crippen molar-refractivity contribution in [1.29, 1.82) is 0 Å². The first-order chi connectivity index (χ1) is 13.0. The van der Waals surface area contributed by atoms with Crippen molar-refractivity contribution in [3.8, 4) is 11.4 Å². The van der Waals surface area contributed by atoms with Gasteiger partial charge >= 0.3 is 0 Å². The van der Waals surface area contributed by atoms with Crippen molar-refractivity contribution >= 4 is 21.8 Å². The van der Waals surface area contributed by atoms with Crippen molar-refractivity contribution < 1.29 is 9.32 Å². The summed E-state index contributed by atoms with van der Waals surface area (Å²) >= 11 is 3.46. The van der Waals surface area contributed by atoms with Crippen LogP contribution in [0.25, 0.3) is 11.4 Å². The Morgan fingerprint density at radius 1 is 1.19 bits per heavy atom. The van der Waals surface area contributed by atoms with E-state index >= 15 is 0 Å². The van der Waals surface area contributed by atoms with Crippen molar-refractivity contribution in [1.82, 2.24) is 15.0 Å². The van der Waals surface area contributed by atoms with Gasteiger partial charge in [0.05, 0.1) is 0 Å². The van der Waals surface area contributed by atoms with Crippen LogP contribution in [0, 0.1) is 13.8 Å². The predicted molar refractivity (Wildman–Crippen MR) is 106 cm³/mol. The Bertz CT molecular complexity index is 999. The first-order valence-corrected chi connectivity index (χ1v) is 9.76. The number of nitrogens with zero attached hydrogens (tertiary/aromatic N) is 3. The van der Waals surface area contributed by atoms with Gasteiger partial charge in [0, 0.05) is 23.0 Å². The van der Waals surface area contributed by atoms with E-state index in [1.54, 1.807) is 0 Å². The predicted octanol–water partition coefficient (Wildman–Crippen LogP) is 4.98. The molecule has 1 aliphatic rings. The Labute approximate surface area is 166 Å². The van der Waals surface area contributed by atoms with Crippen LogP contribution in [0.15, 0.2) is 51.5 Å². The highest BCUT2D eigenvalue weighted by Crippen LogP contribution is 2.34. The van der Waals surface area contributed by atoms with E-state index in [0.717, 1.165) is 15.6 Å². The molecular weight excluding hydrogens is 406 g/mol. The lowest BCUT2D eigenvalue weighted by atomic mass is 10.1. The number of likely N-dealkylation sites (tertiary alicyclic amines) is 1. The summed E-state index contributed by atoms with van der Waals surface area (Å²) in [5, 5.41) is 4.12. The molecule has 3 aromatic rings. The molecule has 2 aromatic carbocycles. The maximum absolute atomic E-state index is 12.5. The smallest absolute Gasteiger partial charge is 0.249 e. The Kier molecular flexibility index (Phi) is 4.83. The number of benzene rings is 2. The molecule has 138 valence electrons. The Morgan fingerprint density at radius 3 is 2.81 bits per heavy atom. The largest absolute Gasteiger partial charge is 0.337 e. The molecule has 1 fully saturated rings.